The molecule has 10 heavy (non-hydrogen) atoms. The Balaban J connectivity index is 1.99. The van der Waals surface area contributed by atoms with Gasteiger partial charge in [-0.25, -0.2) is 0 Å². The van der Waals surface area contributed by atoms with Crippen LogP contribution in [0.5, 0.6) is 0 Å². The van der Waals surface area contributed by atoms with Crippen molar-refractivity contribution in [2.75, 3.05) is 0 Å². The lowest BCUT2D eigenvalue weighted by atomic mass is 9.93. The highest BCUT2D eigenvalue weighted by atomic mass is 16.5. The van der Waals surface area contributed by atoms with Gasteiger partial charge >= 0.3 is 0 Å². The molecule has 1 heteroatoms. The van der Waals surface area contributed by atoms with E-state index in [2.05, 4.69) is 6.92 Å². The Morgan fingerprint density at radius 3 is 2.60 bits per heavy atom. The van der Waals surface area contributed by atoms with Crippen molar-refractivity contribution in [3.8, 4) is 0 Å². The van der Waals surface area contributed by atoms with E-state index in [0.29, 0.717) is 12.2 Å². The van der Waals surface area contributed by atoms with E-state index in [9.17, 15) is 0 Å². The fourth-order valence-corrected chi connectivity index (χ4v) is 2.20. The molecule has 2 bridgehead atoms. The molecular weight excluding hydrogens is 124 g/mol. The Morgan fingerprint density at radius 1 is 1.00 bits per heavy atom. The summed E-state index contributed by atoms with van der Waals surface area (Å²) < 4.78 is 5.79. The van der Waals surface area contributed by atoms with E-state index >= 15 is 0 Å². The topological polar surface area (TPSA) is 9.23 Å². The second kappa shape index (κ2) is 2.54. The van der Waals surface area contributed by atoms with Gasteiger partial charge in [-0.15, -0.1) is 0 Å². The molecule has 58 valence electrons. The van der Waals surface area contributed by atoms with Crippen LogP contribution >= 0.6 is 0 Å². The molecule has 0 N–H and O–H groups in total. The maximum absolute atomic E-state index is 5.79. The molecule has 3 unspecified atom stereocenters. The Kier molecular flexibility index (Phi) is 1.69. The van der Waals surface area contributed by atoms with Crippen LogP contribution in [-0.2, 0) is 4.74 Å². The van der Waals surface area contributed by atoms with Crippen molar-refractivity contribution >= 4 is 0 Å². The van der Waals surface area contributed by atoms with E-state index in [-0.39, 0.29) is 0 Å². The van der Waals surface area contributed by atoms with Gasteiger partial charge in [0.25, 0.3) is 0 Å². The van der Waals surface area contributed by atoms with Crippen LogP contribution in [0.15, 0.2) is 0 Å². The van der Waals surface area contributed by atoms with Gasteiger partial charge in [-0.3, -0.25) is 0 Å². The van der Waals surface area contributed by atoms with Crippen LogP contribution in [0.1, 0.15) is 39.0 Å². The van der Waals surface area contributed by atoms with Crippen LogP contribution in [-0.4, -0.2) is 12.2 Å². The van der Waals surface area contributed by atoms with Crippen LogP contribution in [0.4, 0.5) is 0 Å². The van der Waals surface area contributed by atoms with Crippen LogP contribution < -0.4 is 0 Å². The second-order valence-electron chi connectivity index (χ2n) is 3.88. The lowest BCUT2D eigenvalue weighted by molar-refractivity contribution is 0.0479. The van der Waals surface area contributed by atoms with Crippen molar-refractivity contribution in [3.05, 3.63) is 0 Å². The number of ether oxygens (including phenoxy) is 1. The maximum atomic E-state index is 5.79. The molecule has 2 heterocycles. The van der Waals surface area contributed by atoms with Gasteiger partial charge in [-0.1, -0.05) is 6.92 Å². The summed E-state index contributed by atoms with van der Waals surface area (Å²) in [4.78, 5) is 0. The smallest absolute Gasteiger partial charge is 0.0582 e. The molecule has 0 aromatic heterocycles. The van der Waals surface area contributed by atoms with E-state index in [4.69, 9.17) is 4.74 Å². The van der Waals surface area contributed by atoms with Gasteiger partial charge < -0.3 is 4.74 Å². The zero-order valence-electron chi connectivity index (χ0n) is 6.68. The number of hydrogen-bond acceptors (Lipinski definition) is 1. The first-order valence-electron chi connectivity index (χ1n) is 4.50. The monoisotopic (exact) mass is 140 g/mol. The third-order valence-electron chi connectivity index (χ3n) is 2.84. The molecule has 1 nitrogen and oxygen atoms in total. The molecule has 2 fully saturated rings. The normalized spacial score (nSPS) is 47.1. The molecular formula is C9H16O. The van der Waals surface area contributed by atoms with E-state index in [0.717, 1.165) is 5.92 Å². The van der Waals surface area contributed by atoms with E-state index in [1.807, 2.05) is 0 Å². The SMILES string of the molecule is CC1CCC2CCC(C1)O2. The molecule has 0 spiro atoms. The summed E-state index contributed by atoms with van der Waals surface area (Å²) in [6.45, 7) is 2.35. The number of hydrogen-bond donors (Lipinski definition) is 0. The number of fused-ring (bicyclic) bond motifs is 2. The summed E-state index contributed by atoms with van der Waals surface area (Å²) in [7, 11) is 0. The summed E-state index contributed by atoms with van der Waals surface area (Å²) in [6, 6.07) is 0. The fourth-order valence-electron chi connectivity index (χ4n) is 2.20. The Labute approximate surface area is 62.8 Å². The molecule has 0 aromatic carbocycles. The Bertz CT molecular complexity index is 122. The van der Waals surface area contributed by atoms with Crippen molar-refractivity contribution in [3.63, 3.8) is 0 Å². The Hall–Kier alpha value is -0.0400. The van der Waals surface area contributed by atoms with Crippen LogP contribution in [0, 0.1) is 5.92 Å². The van der Waals surface area contributed by atoms with Gasteiger partial charge in [-0.2, -0.15) is 0 Å². The third-order valence-corrected chi connectivity index (χ3v) is 2.84. The highest BCUT2D eigenvalue weighted by molar-refractivity contribution is 4.79. The first-order chi connectivity index (χ1) is 4.84. The molecule has 3 atom stereocenters. The molecule has 2 saturated heterocycles. The molecule has 0 amide bonds. The maximum Gasteiger partial charge on any atom is 0.0582 e. The zero-order valence-corrected chi connectivity index (χ0v) is 6.68. The minimum Gasteiger partial charge on any atom is -0.375 e. The lowest BCUT2D eigenvalue weighted by Gasteiger charge is -2.11. The van der Waals surface area contributed by atoms with Gasteiger partial charge in [0, 0.05) is 0 Å². The average molecular weight is 140 g/mol. The quantitative estimate of drug-likeness (QED) is 0.502. The molecule has 0 aromatic rings. The number of rotatable bonds is 0. The Morgan fingerprint density at radius 2 is 1.70 bits per heavy atom. The molecule has 0 radical (unpaired) electrons. The van der Waals surface area contributed by atoms with Crippen molar-refractivity contribution in [1.29, 1.82) is 0 Å². The predicted molar refractivity (Wildman–Crippen MR) is 40.9 cm³/mol. The average Bonchev–Trinajstić information content (AvgIpc) is 2.22. The van der Waals surface area contributed by atoms with Crippen LogP contribution in [0.25, 0.3) is 0 Å². The summed E-state index contributed by atoms with van der Waals surface area (Å²) in [5, 5.41) is 0. The van der Waals surface area contributed by atoms with Gasteiger partial charge in [0.2, 0.25) is 0 Å². The van der Waals surface area contributed by atoms with Crippen molar-refractivity contribution < 1.29 is 4.74 Å². The van der Waals surface area contributed by atoms with E-state index < -0.39 is 0 Å². The summed E-state index contributed by atoms with van der Waals surface area (Å²) in [5.41, 5.74) is 0. The molecule has 0 saturated carbocycles. The van der Waals surface area contributed by atoms with Gasteiger partial charge in [0.1, 0.15) is 0 Å². The minimum absolute atomic E-state index is 0.627. The van der Waals surface area contributed by atoms with Gasteiger partial charge in [0.15, 0.2) is 0 Å². The summed E-state index contributed by atoms with van der Waals surface area (Å²) in [6.07, 6.45) is 7.94. The van der Waals surface area contributed by atoms with Crippen molar-refractivity contribution in [1.82, 2.24) is 0 Å². The zero-order chi connectivity index (χ0) is 6.97. The fraction of sp³-hybridized carbons (Fsp3) is 1.00. The summed E-state index contributed by atoms with van der Waals surface area (Å²) >= 11 is 0. The highest BCUT2D eigenvalue weighted by Gasteiger charge is 2.29. The third kappa shape index (κ3) is 1.20. The van der Waals surface area contributed by atoms with Gasteiger partial charge in [-0.05, 0) is 38.0 Å². The molecule has 0 aliphatic carbocycles. The van der Waals surface area contributed by atoms with Crippen LogP contribution in [0.2, 0.25) is 0 Å². The van der Waals surface area contributed by atoms with Crippen LogP contribution in [0.3, 0.4) is 0 Å². The van der Waals surface area contributed by atoms with E-state index in [1.165, 1.54) is 32.1 Å². The first kappa shape index (κ1) is 6.66. The predicted octanol–water partition coefficient (Wildman–Crippen LogP) is 2.35. The summed E-state index contributed by atoms with van der Waals surface area (Å²) in [5.74, 6) is 0.912. The van der Waals surface area contributed by atoms with E-state index in [1.54, 1.807) is 0 Å². The van der Waals surface area contributed by atoms with Crippen molar-refractivity contribution in [2.24, 2.45) is 5.92 Å². The highest BCUT2D eigenvalue weighted by Crippen LogP contribution is 2.33. The molecule has 2 aliphatic heterocycles. The minimum atomic E-state index is 0.627. The second-order valence-corrected chi connectivity index (χ2v) is 3.88. The van der Waals surface area contributed by atoms with Crippen molar-refractivity contribution in [2.45, 2.75) is 51.2 Å². The molecule has 2 rings (SSSR count). The van der Waals surface area contributed by atoms with Gasteiger partial charge in [0.05, 0.1) is 12.2 Å². The molecule has 2 aliphatic rings. The standard InChI is InChI=1S/C9H16O/c1-7-2-3-8-4-5-9(6-7)10-8/h7-9H,2-6H2,1H3. The first-order valence-corrected chi connectivity index (χ1v) is 4.50. The lowest BCUT2D eigenvalue weighted by Crippen LogP contribution is -2.07. The largest absolute Gasteiger partial charge is 0.375 e.